The smallest absolute Gasteiger partial charge is 0.175 e. The molecule has 20 heavy (non-hydrogen) atoms. The molecule has 0 aromatic heterocycles. The second-order valence-electron chi connectivity index (χ2n) is 4.21. The van der Waals surface area contributed by atoms with Gasteiger partial charge in [-0.2, -0.15) is 5.26 Å². The highest BCUT2D eigenvalue weighted by Crippen LogP contribution is 2.26. The molecule has 0 aliphatic carbocycles. The van der Waals surface area contributed by atoms with Gasteiger partial charge < -0.3 is 10.5 Å². The molecule has 0 spiro atoms. The van der Waals surface area contributed by atoms with Gasteiger partial charge in [-0.3, -0.25) is 0 Å². The van der Waals surface area contributed by atoms with Crippen LogP contribution in [-0.4, -0.2) is 14.7 Å². The molecule has 0 radical (unpaired) electrons. The van der Waals surface area contributed by atoms with Crippen LogP contribution in [0.5, 0.6) is 11.5 Å². The van der Waals surface area contributed by atoms with Crippen molar-refractivity contribution in [3.05, 3.63) is 48.0 Å². The number of hydrogen-bond donors (Lipinski definition) is 1. The summed E-state index contributed by atoms with van der Waals surface area (Å²) in [5.41, 5.74) is 6.29. The van der Waals surface area contributed by atoms with Crippen LogP contribution in [0.4, 0.5) is 5.69 Å². The quantitative estimate of drug-likeness (QED) is 0.875. The van der Waals surface area contributed by atoms with E-state index in [0.717, 1.165) is 6.26 Å². The van der Waals surface area contributed by atoms with Crippen molar-refractivity contribution < 1.29 is 13.2 Å². The fourth-order valence-electron chi connectivity index (χ4n) is 1.60. The predicted molar refractivity (Wildman–Crippen MR) is 75.2 cm³/mol. The fourth-order valence-corrected chi connectivity index (χ4v) is 2.26. The van der Waals surface area contributed by atoms with Crippen LogP contribution in [0.3, 0.4) is 0 Å². The third-order valence-corrected chi connectivity index (χ3v) is 3.72. The van der Waals surface area contributed by atoms with E-state index in [1.807, 2.05) is 6.07 Å². The molecule has 6 heteroatoms. The summed E-state index contributed by atoms with van der Waals surface area (Å²) in [6.07, 6.45) is 1.13. The summed E-state index contributed by atoms with van der Waals surface area (Å²) in [4.78, 5) is 0.172. The number of nitrogens with zero attached hydrogens (tertiary/aromatic N) is 1. The van der Waals surface area contributed by atoms with E-state index in [9.17, 15) is 8.42 Å². The van der Waals surface area contributed by atoms with E-state index in [-0.39, 0.29) is 4.90 Å². The minimum atomic E-state index is -3.29. The number of ether oxygens (including phenoxy) is 1. The summed E-state index contributed by atoms with van der Waals surface area (Å²) in [5, 5.41) is 8.89. The first kappa shape index (κ1) is 13.9. The van der Waals surface area contributed by atoms with Crippen LogP contribution in [0.1, 0.15) is 5.56 Å². The van der Waals surface area contributed by atoms with Gasteiger partial charge in [0.2, 0.25) is 0 Å². The Morgan fingerprint density at radius 1 is 1.15 bits per heavy atom. The van der Waals surface area contributed by atoms with Crippen molar-refractivity contribution in [3.63, 3.8) is 0 Å². The molecule has 2 aromatic carbocycles. The summed E-state index contributed by atoms with van der Waals surface area (Å²) in [6, 6.07) is 12.8. The molecule has 0 atom stereocenters. The van der Waals surface area contributed by atoms with Crippen molar-refractivity contribution in [3.8, 4) is 17.6 Å². The lowest BCUT2D eigenvalue weighted by Gasteiger charge is -2.08. The Labute approximate surface area is 117 Å². The van der Waals surface area contributed by atoms with Crippen LogP contribution in [0, 0.1) is 11.3 Å². The molecule has 0 aliphatic heterocycles. The Hall–Kier alpha value is -2.52. The molecule has 102 valence electrons. The maximum atomic E-state index is 11.5. The number of benzene rings is 2. The zero-order valence-electron chi connectivity index (χ0n) is 10.7. The highest BCUT2D eigenvalue weighted by atomic mass is 32.2. The summed E-state index contributed by atoms with van der Waals surface area (Å²) in [5.74, 6) is 0.794. The van der Waals surface area contributed by atoms with Crippen LogP contribution >= 0.6 is 0 Å². The van der Waals surface area contributed by atoms with Crippen LogP contribution in [0.2, 0.25) is 0 Å². The molecule has 0 bridgehead atoms. The van der Waals surface area contributed by atoms with Gasteiger partial charge in [0.05, 0.1) is 10.5 Å². The molecule has 2 rings (SSSR count). The molecule has 0 fully saturated rings. The molecule has 2 aromatic rings. The summed E-state index contributed by atoms with van der Waals surface area (Å²) in [6.45, 7) is 0. The van der Waals surface area contributed by atoms with E-state index in [4.69, 9.17) is 15.7 Å². The van der Waals surface area contributed by atoms with Gasteiger partial charge in [-0.25, -0.2) is 8.42 Å². The molecule has 0 saturated heterocycles. The lowest BCUT2D eigenvalue weighted by molar-refractivity contribution is 0.480. The average Bonchev–Trinajstić information content (AvgIpc) is 2.40. The minimum absolute atomic E-state index is 0.172. The molecule has 0 heterocycles. The lowest BCUT2D eigenvalue weighted by atomic mass is 10.2. The predicted octanol–water partition coefficient (Wildman–Crippen LogP) is 2.34. The van der Waals surface area contributed by atoms with Gasteiger partial charge in [0, 0.05) is 18.0 Å². The second-order valence-corrected chi connectivity index (χ2v) is 6.23. The molecule has 0 aliphatic rings. The Morgan fingerprint density at radius 3 is 2.50 bits per heavy atom. The first-order valence-electron chi connectivity index (χ1n) is 5.68. The van der Waals surface area contributed by atoms with Gasteiger partial charge in [-0.05, 0) is 30.3 Å². The Bertz CT molecular complexity index is 792. The minimum Gasteiger partial charge on any atom is -0.457 e. The molecular weight excluding hydrogens is 276 g/mol. The normalized spacial score (nSPS) is 10.8. The fraction of sp³-hybridized carbons (Fsp3) is 0.0714. The van der Waals surface area contributed by atoms with Gasteiger partial charge in [0.25, 0.3) is 0 Å². The zero-order valence-corrected chi connectivity index (χ0v) is 11.5. The Morgan fingerprint density at radius 2 is 1.85 bits per heavy atom. The van der Waals surface area contributed by atoms with E-state index >= 15 is 0 Å². The first-order valence-corrected chi connectivity index (χ1v) is 7.57. The number of nitriles is 1. The maximum absolute atomic E-state index is 11.5. The highest BCUT2D eigenvalue weighted by molar-refractivity contribution is 7.90. The second kappa shape index (κ2) is 5.23. The van der Waals surface area contributed by atoms with Crippen LogP contribution in [-0.2, 0) is 9.84 Å². The van der Waals surface area contributed by atoms with Gasteiger partial charge in [0.15, 0.2) is 9.84 Å². The van der Waals surface area contributed by atoms with Crippen molar-refractivity contribution in [2.24, 2.45) is 0 Å². The standard InChI is InChI=1S/C14H12N2O3S/c1-20(17,18)13-4-2-3-11(8-13)19-12-5-6-14(16)10(7-12)9-15/h2-8H,16H2,1H3. The number of nitrogen functional groups attached to an aromatic ring is 1. The van der Waals surface area contributed by atoms with Gasteiger partial charge >= 0.3 is 0 Å². The van der Waals surface area contributed by atoms with Crippen molar-refractivity contribution in [2.75, 3.05) is 12.0 Å². The summed E-state index contributed by atoms with van der Waals surface area (Å²) in [7, 11) is -3.29. The summed E-state index contributed by atoms with van der Waals surface area (Å²) >= 11 is 0. The highest BCUT2D eigenvalue weighted by Gasteiger charge is 2.09. The SMILES string of the molecule is CS(=O)(=O)c1cccc(Oc2ccc(N)c(C#N)c2)c1. The van der Waals surface area contributed by atoms with Crippen molar-refractivity contribution in [1.82, 2.24) is 0 Å². The number of anilines is 1. The molecule has 0 saturated carbocycles. The maximum Gasteiger partial charge on any atom is 0.175 e. The third-order valence-electron chi connectivity index (χ3n) is 2.61. The largest absolute Gasteiger partial charge is 0.457 e. The summed E-state index contributed by atoms with van der Waals surface area (Å²) < 4.78 is 28.5. The molecule has 0 unspecified atom stereocenters. The first-order chi connectivity index (χ1) is 9.40. The number of rotatable bonds is 3. The van der Waals surface area contributed by atoms with Crippen LogP contribution in [0.25, 0.3) is 0 Å². The Kier molecular flexibility index (Phi) is 3.63. The van der Waals surface area contributed by atoms with Crippen molar-refractivity contribution in [2.45, 2.75) is 4.90 Å². The van der Waals surface area contributed by atoms with Gasteiger partial charge in [-0.1, -0.05) is 6.07 Å². The van der Waals surface area contributed by atoms with Gasteiger partial charge in [-0.15, -0.1) is 0 Å². The monoisotopic (exact) mass is 288 g/mol. The number of hydrogen-bond acceptors (Lipinski definition) is 5. The van der Waals surface area contributed by atoms with E-state index in [1.54, 1.807) is 24.3 Å². The van der Waals surface area contributed by atoms with Crippen molar-refractivity contribution >= 4 is 15.5 Å². The molecular formula is C14H12N2O3S. The van der Waals surface area contributed by atoms with Crippen LogP contribution in [0.15, 0.2) is 47.4 Å². The molecule has 5 nitrogen and oxygen atoms in total. The van der Waals surface area contributed by atoms with E-state index in [0.29, 0.717) is 22.7 Å². The van der Waals surface area contributed by atoms with Gasteiger partial charge in [0.1, 0.15) is 17.6 Å². The van der Waals surface area contributed by atoms with Crippen molar-refractivity contribution in [1.29, 1.82) is 5.26 Å². The number of nitrogens with two attached hydrogens (primary N) is 1. The third kappa shape index (κ3) is 3.08. The average molecular weight is 288 g/mol. The lowest BCUT2D eigenvalue weighted by Crippen LogP contribution is -1.97. The number of sulfone groups is 1. The van der Waals surface area contributed by atoms with Crippen LogP contribution < -0.4 is 10.5 Å². The van der Waals surface area contributed by atoms with E-state index in [1.165, 1.54) is 18.2 Å². The van der Waals surface area contributed by atoms with E-state index < -0.39 is 9.84 Å². The van der Waals surface area contributed by atoms with E-state index in [2.05, 4.69) is 0 Å². The molecule has 2 N–H and O–H groups in total. The topological polar surface area (TPSA) is 93.2 Å². The Balaban J connectivity index is 2.34. The molecule has 0 amide bonds. The zero-order chi connectivity index (χ0) is 14.8.